The van der Waals surface area contributed by atoms with E-state index in [0.29, 0.717) is 17.6 Å². The van der Waals surface area contributed by atoms with Crippen molar-refractivity contribution in [1.29, 1.82) is 0 Å². The fourth-order valence-corrected chi connectivity index (χ4v) is 4.32. The molecule has 156 valence electrons. The van der Waals surface area contributed by atoms with Crippen molar-refractivity contribution >= 4 is 12.1 Å². The van der Waals surface area contributed by atoms with Crippen LogP contribution in [0, 0.1) is 5.92 Å². The second-order valence-corrected chi connectivity index (χ2v) is 8.83. The Kier molecular flexibility index (Phi) is 6.55. The number of Topliss-reactive ketones (excluding diaryl/α,β-unsaturated/α-hetero) is 1. The van der Waals surface area contributed by atoms with E-state index < -0.39 is 5.79 Å². The largest absolute Gasteiger partial charge is 0.335 e. The van der Waals surface area contributed by atoms with Crippen molar-refractivity contribution in [1.82, 2.24) is 0 Å². The Morgan fingerprint density at radius 2 is 1.93 bits per heavy atom. The van der Waals surface area contributed by atoms with Gasteiger partial charge in [0.1, 0.15) is 6.29 Å². The minimum Gasteiger partial charge on any atom is -0.335 e. The summed E-state index contributed by atoms with van der Waals surface area (Å²) < 4.78 is 12.7. The second-order valence-electron chi connectivity index (χ2n) is 8.83. The first kappa shape index (κ1) is 21.7. The number of allylic oxidation sites excluding steroid dienone is 4. The van der Waals surface area contributed by atoms with Crippen molar-refractivity contribution in [3.05, 3.63) is 58.2 Å². The van der Waals surface area contributed by atoms with Gasteiger partial charge in [0.15, 0.2) is 5.78 Å². The summed E-state index contributed by atoms with van der Waals surface area (Å²) >= 11 is 0. The number of hydrogen-bond acceptors (Lipinski definition) is 4. The fourth-order valence-electron chi connectivity index (χ4n) is 4.32. The molecule has 0 N–H and O–H groups in total. The number of carbonyl (C=O) groups is 2. The van der Waals surface area contributed by atoms with Crippen molar-refractivity contribution in [3.8, 4) is 0 Å². The van der Waals surface area contributed by atoms with Crippen LogP contribution in [0.5, 0.6) is 0 Å². The average Bonchev–Trinajstić information content (AvgIpc) is 2.61. The Labute approximate surface area is 174 Å². The highest BCUT2D eigenvalue weighted by molar-refractivity contribution is 5.97. The van der Waals surface area contributed by atoms with Gasteiger partial charge in [-0.2, -0.15) is 0 Å². The van der Waals surface area contributed by atoms with E-state index in [1.807, 2.05) is 12.2 Å². The van der Waals surface area contributed by atoms with E-state index in [0.717, 1.165) is 25.5 Å². The second kappa shape index (κ2) is 8.76. The molecule has 0 aromatic heterocycles. The Morgan fingerprint density at radius 1 is 1.17 bits per heavy atom. The third-order valence-electron chi connectivity index (χ3n) is 5.78. The van der Waals surface area contributed by atoms with E-state index in [1.165, 1.54) is 16.7 Å². The lowest BCUT2D eigenvalue weighted by atomic mass is 9.79. The molecule has 4 atom stereocenters. The molecule has 3 aliphatic rings. The maximum atomic E-state index is 12.1. The van der Waals surface area contributed by atoms with Crippen molar-refractivity contribution in [3.63, 3.8) is 0 Å². The lowest BCUT2D eigenvalue weighted by molar-refractivity contribution is -0.224. The first-order chi connectivity index (χ1) is 13.7. The summed E-state index contributed by atoms with van der Waals surface area (Å²) in [7, 11) is 0. The van der Waals surface area contributed by atoms with Gasteiger partial charge in [0, 0.05) is 12.3 Å². The van der Waals surface area contributed by atoms with Crippen molar-refractivity contribution in [2.24, 2.45) is 5.92 Å². The number of fused-ring (bicyclic) bond motifs is 1. The molecule has 0 fully saturated rings. The molecule has 4 nitrogen and oxygen atoms in total. The van der Waals surface area contributed by atoms with E-state index in [4.69, 9.17) is 9.47 Å². The van der Waals surface area contributed by atoms with Gasteiger partial charge >= 0.3 is 0 Å². The van der Waals surface area contributed by atoms with Crippen LogP contribution in [0.25, 0.3) is 0 Å². The zero-order valence-electron chi connectivity index (χ0n) is 18.2. The number of hydrogen-bond donors (Lipinski definition) is 0. The highest BCUT2D eigenvalue weighted by atomic mass is 16.7. The van der Waals surface area contributed by atoms with Crippen LogP contribution in [0.1, 0.15) is 60.3 Å². The minimum absolute atomic E-state index is 0.0719. The van der Waals surface area contributed by atoms with Crippen LogP contribution < -0.4 is 0 Å². The molecule has 0 saturated carbocycles. The maximum Gasteiger partial charge on any atom is 0.210 e. The fraction of sp³-hybridized carbons (Fsp3) is 0.520. The lowest BCUT2D eigenvalue weighted by Crippen LogP contribution is -2.48. The third kappa shape index (κ3) is 5.12. The Morgan fingerprint density at radius 3 is 2.62 bits per heavy atom. The Hall–Kier alpha value is -2.04. The topological polar surface area (TPSA) is 52.6 Å². The van der Waals surface area contributed by atoms with Gasteiger partial charge in [0.2, 0.25) is 5.79 Å². The van der Waals surface area contributed by atoms with Crippen LogP contribution in [0.3, 0.4) is 0 Å². The van der Waals surface area contributed by atoms with Crippen molar-refractivity contribution in [2.45, 2.75) is 78.3 Å². The van der Waals surface area contributed by atoms with Gasteiger partial charge < -0.3 is 9.47 Å². The van der Waals surface area contributed by atoms with E-state index in [9.17, 15) is 9.59 Å². The van der Waals surface area contributed by atoms with Crippen molar-refractivity contribution < 1.29 is 19.1 Å². The monoisotopic (exact) mass is 396 g/mol. The van der Waals surface area contributed by atoms with E-state index in [-0.39, 0.29) is 23.9 Å². The minimum atomic E-state index is -1.06. The predicted octanol–water partition coefficient (Wildman–Crippen LogP) is 5.17. The smallest absolute Gasteiger partial charge is 0.210 e. The average molecular weight is 397 g/mol. The van der Waals surface area contributed by atoms with Crippen LogP contribution in [0.2, 0.25) is 0 Å². The normalized spacial score (nSPS) is 32.2. The molecule has 4 heteroatoms. The van der Waals surface area contributed by atoms with Crippen LogP contribution in [-0.2, 0) is 19.1 Å². The van der Waals surface area contributed by atoms with Crippen LogP contribution in [0.4, 0.5) is 0 Å². The first-order valence-electron chi connectivity index (χ1n) is 10.5. The lowest BCUT2D eigenvalue weighted by Gasteiger charge is -2.44. The summed E-state index contributed by atoms with van der Waals surface area (Å²) in [5.41, 5.74) is 5.06. The molecule has 0 aromatic rings. The first-order valence-corrected chi connectivity index (χ1v) is 10.5. The molecule has 3 rings (SSSR count). The van der Waals surface area contributed by atoms with E-state index >= 15 is 0 Å². The molecule has 2 heterocycles. The standard InChI is InChI=1S/C25H32O4/c1-16(2)7-6-8-17(3)9-21-10-18(4)13-25(28-21)14-20(15-26)22-12-23(27)19(5)11-24(22)29-25/h7,9,11,13-15,21-22,24H,6,8,10,12H2,1-5H3. The van der Waals surface area contributed by atoms with E-state index in [2.05, 4.69) is 39.8 Å². The van der Waals surface area contributed by atoms with Crippen LogP contribution >= 0.6 is 0 Å². The summed E-state index contributed by atoms with van der Waals surface area (Å²) in [5, 5.41) is 0. The molecule has 1 spiro atoms. The van der Waals surface area contributed by atoms with Crippen LogP contribution in [-0.4, -0.2) is 30.1 Å². The maximum absolute atomic E-state index is 12.1. The number of ether oxygens (including phenoxy) is 2. The van der Waals surface area contributed by atoms with Gasteiger partial charge in [-0.25, -0.2) is 0 Å². The van der Waals surface area contributed by atoms with Crippen molar-refractivity contribution in [2.75, 3.05) is 0 Å². The molecule has 2 aliphatic heterocycles. The Balaban J connectivity index is 1.84. The zero-order valence-corrected chi connectivity index (χ0v) is 18.2. The third-order valence-corrected chi connectivity index (χ3v) is 5.78. The molecule has 29 heavy (non-hydrogen) atoms. The summed E-state index contributed by atoms with van der Waals surface area (Å²) in [4.78, 5) is 23.9. The van der Waals surface area contributed by atoms with Gasteiger partial charge in [-0.15, -0.1) is 0 Å². The number of carbonyl (C=O) groups excluding carboxylic acids is 2. The van der Waals surface area contributed by atoms with E-state index in [1.54, 1.807) is 13.0 Å². The molecular formula is C25H32O4. The van der Waals surface area contributed by atoms with Gasteiger partial charge in [0.25, 0.3) is 0 Å². The molecule has 0 radical (unpaired) electrons. The molecule has 0 aromatic carbocycles. The van der Waals surface area contributed by atoms with Gasteiger partial charge in [-0.1, -0.05) is 28.9 Å². The number of ketones is 1. The highest BCUT2D eigenvalue weighted by Gasteiger charge is 2.45. The quantitative estimate of drug-likeness (QED) is 0.475. The predicted molar refractivity (Wildman–Crippen MR) is 114 cm³/mol. The zero-order chi connectivity index (χ0) is 21.2. The number of rotatable bonds is 5. The summed E-state index contributed by atoms with van der Waals surface area (Å²) in [6.45, 7) is 10.2. The molecule has 4 unspecified atom stereocenters. The van der Waals surface area contributed by atoms with Gasteiger partial charge in [-0.3, -0.25) is 9.59 Å². The molecular weight excluding hydrogens is 364 g/mol. The summed E-state index contributed by atoms with van der Waals surface area (Å²) in [6.07, 6.45) is 13.5. The summed E-state index contributed by atoms with van der Waals surface area (Å²) in [6, 6.07) is 0. The Bertz CT molecular complexity index is 835. The molecule has 0 bridgehead atoms. The van der Waals surface area contributed by atoms with Crippen LogP contribution in [0.15, 0.2) is 58.2 Å². The number of aldehydes is 1. The molecule has 0 amide bonds. The molecule has 1 aliphatic carbocycles. The SMILES string of the molecule is CC(C)=CCCC(C)=CC1CC(C)=CC2(C=C(C=O)C3CC(=O)C(C)=CC3O2)O1. The van der Waals surface area contributed by atoms with Gasteiger partial charge in [0.05, 0.1) is 12.2 Å². The van der Waals surface area contributed by atoms with Gasteiger partial charge in [-0.05, 0) is 83.3 Å². The summed E-state index contributed by atoms with van der Waals surface area (Å²) in [5.74, 6) is -1.21. The molecule has 0 saturated heterocycles. The highest BCUT2D eigenvalue weighted by Crippen LogP contribution is 2.42.